The van der Waals surface area contributed by atoms with E-state index in [1.807, 2.05) is 0 Å². The van der Waals surface area contributed by atoms with Crippen LogP contribution < -0.4 is 10.5 Å². The normalized spacial score (nSPS) is 12.6. The molecule has 0 aliphatic heterocycles. The van der Waals surface area contributed by atoms with Crippen molar-refractivity contribution >= 4 is 15.9 Å². The first-order chi connectivity index (χ1) is 6.60. The van der Waals surface area contributed by atoms with Crippen molar-refractivity contribution in [3.63, 3.8) is 0 Å². The molecule has 0 bridgehead atoms. The molecule has 0 aliphatic rings. The van der Waals surface area contributed by atoms with Crippen LogP contribution in [0, 0.1) is 0 Å². The van der Waals surface area contributed by atoms with Gasteiger partial charge in [0, 0.05) is 0 Å². The van der Waals surface area contributed by atoms with E-state index in [4.69, 9.17) is 15.6 Å². The summed E-state index contributed by atoms with van der Waals surface area (Å²) >= 11 is 3.17. The predicted molar refractivity (Wildman–Crippen MR) is 56.4 cm³/mol. The minimum absolute atomic E-state index is 0.0291. The second-order valence-electron chi connectivity index (χ2n) is 2.84. The number of benzene rings is 1. The maximum atomic E-state index is 9.50. The lowest BCUT2D eigenvalue weighted by molar-refractivity contribution is 0.267. The number of ether oxygens (including phenoxy) is 1. The zero-order valence-corrected chi connectivity index (χ0v) is 9.28. The van der Waals surface area contributed by atoms with Gasteiger partial charge in [-0.1, -0.05) is 0 Å². The van der Waals surface area contributed by atoms with E-state index in [0.717, 1.165) is 0 Å². The zero-order valence-electron chi connectivity index (χ0n) is 7.70. The Balaban J connectivity index is 3.16. The fourth-order valence-corrected chi connectivity index (χ4v) is 1.53. The van der Waals surface area contributed by atoms with Gasteiger partial charge >= 0.3 is 0 Å². The van der Waals surface area contributed by atoms with Gasteiger partial charge < -0.3 is 20.7 Å². The van der Waals surface area contributed by atoms with E-state index in [1.54, 1.807) is 12.1 Å². The van der Waals surface area contributed by atoms with Gasteiger partial charge in [-0.05, 0) is 33.6 Å². The number of phenolic OH excluding ortho intramolecular Hbond substituents is 1. The second-order valence-corrected chi connectivity index (χ2v) is 3.70. The van der Waals surface area contributed by atoms with E-state index in [0.29, 0.717) is 15.8 Å². The molecule has 0 aromatic heterocycles. The summed E-state index contributed by atoms with van der Waals surface area (Å²) in [5, 5.41) is 18.4. The number of halogens is 1. The molecule has 0 heterocycles. The molecule has 5 heteroatoms. The topological polar surface area (TPSA) is 75.7 Å². The van der Waals surface area contributed by atoms with Crippen LogP contribution in [0.2, 0.25) is 0 Å². The highest BCUT2D eigenvalue weighted by molar-refractivity contribution is 9.10. The van der Waals surface area contributed by atoms with Gasteiger partial charge in [0.05, 0.1) is 24.2 Å². The molecular weight excluding hydrogens is 250 g/mol. The van der Waals surface area contributed by atoms with Crippen molar-refractivity contribution in [1.29, 1.82) is 0 Å². The van der Waals surface area contributed by atoms with E-state index >= 15 is 0 Å². The molecule has 14 heavy (non-hydrogen) atoms. The van der Waals surface area contributed by atoms with Gasteiger partial charge in [0.1, 0.15) is 0 Å². The van der Waals surface area contributed by atoms with Crippen LogP contribution in [0.1, 0.15) is 11.6 Å². The van der Waals surface area contributed by atoms with Crippen LogP contribution >= 0.6 is 15.9 Å². The fourth-order valence-electron chi connectivity index (χ4n) is 1.07. The molecule has 0 radical (unpaired) electrons. The van der Waals surface area contributed by atoms with Crippen LogP contribution in [0.15, 0.2) is 16.6 Å². The Morgan fingerprint density at radius 1 is 1.57 bits per heavy atom. The fraction of sp³-hybridized carbons (Fsp3) is 0.333. The molecule has 0 aliphatic carbocycles. The molecule has 1 aromatic rings. The Morgan fingerprint density at radius 2 is 2.21 bits per heavy atom. The van der Waals surface area contributed by atoms with E-state index in [1.165, 1.54) is 7.11 Å². The van der Waals surface area contributed by atoms with Gasteiger partial charge in [-0.2, -0.15) is 0 Å². The first kappa shape index (κ1) is 11.3. The average Bonchev–Trinajstić information content (AvgIpc) is 2.20. The van der Waals surface area contributed by atoms with Gasteiger partial charge in [-0.15, -0.1) is 0 Å². The van der Waals surface area contributed by atoms with Gasteiger partial charge in [0.15, 0.2) is 11.5 Å². The molecular formula is C9H12BrNO3. The predicted octanol–water partition coefficient (Wildman–Crippen LogP) is 1.16. The van der Waals surface area contributed by atoms with Crippen molar-refractivity contribution in [1.82, 2.24) is 0 Å². The van der Waals surface area contributed by atoms with Crippen LogP contribution in [-0.4, -0.2) is 23.9 Å². The van der Waals surface area contributed by atoms with Crippen molar-refractivity contribution < 1.29 is 14.9 Å². The van der Waals surface area contributed by atoms with Crippen LogP contribution in [-0.2, 0) is 0 Å². The number of aliphatic hydroxyl groups is 1. The highest BCUT2D eigenvalue weighted by atomic mass is 79.9. The highest BCUT2D eigenvalue weighted by Crippen LogP contribution is 2.36. The Hall–Kier alpha value is -0.780. The van der Waals surface area contributed by atoms with Crippen LogP contribution in [0.25, 0.3) is 0 Å². The number of nitrogens with two attached hydrogens (primary N) is 1. The molecule has 0 amide bonds. The summed E-state index contributed by atoms with van der Waals surface area (Å²) in [6.45, 7) is -0.152. The second kappa shape index (κ2) is 4.63. The smallest absolute Gasteiger partial charge is 0.172 e. The van der Waals surface area contributed by atoms with Gasteiger partial charge in [0.25, 0.3) is 0 Å². The summed E-state index contributed by atoms with van der Waals surface area (Å²) in [6.07, 6.45) is 0. The van der Waals surface area contributed by atoms with Gasteiger partial charge in [-0.3, -0.25) is 0 Å². The Bertz CT molecular complexity index is 330. The third-order valence-corrected chi connectivity index (χ3v) is 2.50. The number of rotatable bonds is 3. The highest BCUT2D eigenvalue weighted by Gasteiger charge is 2.12. The average molecular weight is 262 g/mol. The molecule has 1 atom stereocenters. The van der Waals surface area contributed by atoms with Crippen molar-refractivity contribution in [3.05, 3.63) is 22.2 Å². The largest absolute Gasteiger partial charge is 0.503 e. The maximum Gasteiger partial charge on any atom is 0.172 e. The monoisotopic (exact) mass is 261 g/mol. The van der Waals surface area contributed by atoms with E-state index < -0.39 is 6.04 Å². The minimum Gasteiger partial charge on any atom is -0.503 e. The van der Waals surface area contributed by atoms with Crippen LogP contribution in [0.4, 0.5) is 0 Å². The van der Waals surface area contributed by atoms with E-state index in [-0.39, 0.29) is 12.4 Å². The zero-order chi connectivity index (χ0) is 10.7. The Labute approximate surface area is 90.4 Å². The van der Waals surface area contributed by atoms with Gasteiger partial charge in [0.2, 0.25) is 0 Å². The summed E-state index contributed by atoms with van der Waals surface area (Å²) in [5.41, 5.74) is 6.33. The van der Waals surface area contributed by atoms with Crippen molar-refractivity contribution in [2.45, 2.75) is 6.04 Å². The molecule has 1 aromatic carbocycles. The van der Waals surface area contributed by atoms with Crippen LogP contribution in [0.3, 0.4) is 0 Å². The quantitative estimate of drug-likeness (QED) is 0.763. The maximum absolute atomic E-state index is 9.50. The lowest BCUT2D eigenvalue weighted by Crippen LogP contribution is -2.14. The molecule has 78 valence electrons. The van der Waals surface area contributed by atoms with Gasteiger partial charge in [-0.25, -0.2) is 0 Å². The van der Waals surface area contributed by atoms with Crippen LogP contribution in [0.5, 0.6) is 11.5 Å². The molecule has 4 nitrogen and oxygen atoms in total. The third-order valence-electron chi connectivity index (χ3n) is 1.90. The molecule has 4 N–H and O–H groups in total. The Morgan fingerprint density at radius 3 is 2.71 bits per heavy atom. The lowest BCUT2D eigenvalue weighted by Gasteiger charge is -2.12. The summed E-state index contributed by atoms with van der Waals surface area (Å²) in [5.74, 6) is 0.361. The number of methoxy groups -OCH3 is 1. The Kier molecular flexibility index (Phi) is 3.74. The summed E-state index contributed by atoms with van der Waals surface area (Å²) in [6, 6.07) is 2.78. The van der Waals surface area contributed by atoms with Crippen molar-refractivity contribution in [2.24, 2.45) is 5.73 Å². The first-order valence-corrected chi connectivity index (χ1v) is 4.82. The summed E-state index contributed by atoms with van der Waals surface area (Å²) in [4.78, 5) is 0. The van der Waals surface area contributed by atoms with Crippen molar-refractivity contribution in [3.8, 4) is 11.5 Å². The SMILES string of the molecule is COc1cc(C(N)CO)cc(Br)c1O. The minimum atomic E-state index is -0.471. The molecule has 0 saturated heterocycles. The summed E-state index contributed by atoms with van der Waals surface area (Å²) in [7, 11) is 1.45. The number of hydrogen-bond donors (Lipinski definition) is 3. The number of aromatic hydroxyl groups is 1. The third kappa shape index (κ3) is 2.17. The number of hydrogen-bond acceptors (Lipinski definition) is 4. The van der Waals surface area contributed by atoms with E-state index in [2.05, 4.69) is 15.9 Å². The molecule has 0 fully saturated rings. The number of aliphatic hydroxyl groups excluding tert-OH is 1. The molecule has 0 spiro atoms. The number of phenols is 1. The summed E-state index contributed by atoms with van der Waals surface area (Å²) < 4.78 is 5.44. The lowest BCUT2D eigenvalue weighted by atomic mass is 10.1. The molecule has 1 rings (SSSR count). The standard InChI is InChI=1S/C9H12BrNO3/c1-14-8-3-5(7(11)4-12)2-6(10)9(8)13/h2-3,7,12-13H,4,11H2,1H3. The first-order valence-electron chi connectivity index (χ1n) is 4.03. The van der Waals surface area contributed by atoms with E-state index in [9.17, 15) is 5.11 Å². The molecule has 0 saturated carbocycles. The molecule has 1 unspecified atom stereocenters. The van der Waals surface area contributed by atoms with Crippen molar-refractivity contribution in [2.75, 3.05) is 13.7 Å².